The Morgan fingerprint density at radius 3 is 1.33 bits per heavy atom. The second-order valence-corrected chi connectivity index (χ2v) is 11.3. The van der Waals surface area contributed by atoms with E-state index in [1.807, 2.05) is 102 Å². The molecule has 234 valence electrons. The van der Waals surface area contributed by atoms with E-state index < -0.39 is 0 Å². The number of rotatable bonds is 11. The molecule has 0 unspecified atom stereocenters. The summed E-state index contributed by atoms with van der Waals surface area (Å²) in [5, 5.41) is 36.7. The molecule has 5 aromatic rings. The van der Waals surface area contributed by atoms with Crippen LogP contribution in [0.3, 0.4) is 0 Å². The van der Waals surface area contributed by atoms with Gasteiger partial charge in [0, 0.05) is 17.9 Å². The van der Waals surface area contributed by atoms with E-state index in [1.54, 1.807) is 0 Å². The fourth-order valence-electron chi connectivity index (χ4n) is 4.92. The third-order valence-corrected chi connectivity index (χ3v) is 6.90. The predicted molar refractivity (Wildman–Crippen MR) is 185 cm³/mol. The number of aromatic nitrogens is 3. The molecule has 0 fully saturated rings. The zero-order chi connectivity index (χ0) is 32.6. The average molecular weight is 615 g/mol. The molecule has 0 saturated carbocycles. The number of aliphatic hydroxyl groups is 1. The molecule has 0 aliphatic heterocycles. The SMILES string of the molecule is Cc1cc(C)cc(N=Nc2ccc(Nc3nc(NCCO)nc(Nc4ccc(N=Nc5cc(C)cc(C)c5)c(C)c4)n3)cc2C)c1. The lowest BCUT2D eigenvalue weighted by atomic mass is 10.1. The van der Waals surface area contributed by atoms with Crippen LogP contribution in [0.25, 0.3) is 0 Å². The van der Waals surface area contributed by atoms with Crippen molar-refractivity contribution in [1.82, 2.24) is 15.0 Å². The zero-order valence-electron chi connectivity index (χ0n) is 26.9. The van der Waals surface area contributed by atoms with Crippen molar-refractivity contribution in [3.05, 3.63) is 106 Å². The van der Waals surface area contributed by atoms with Crippen molar-refractivity contribution < 1.29 is 5.11 Å². The molecule has 4 N–H and O–H groups in total. The summed E-state index contributed by atoms with van der Waals surface area (Å²) in [7, 11) is 0. The minimum absolute atomic E-state index is 0.0636. The van der Waals surface area contributed by atoms with Gasteiger partial charge in [-0.05, 0) is 136 Å². The number of hydrogen-bond acceptors (Lipinski definition) is 11. The normalized spacial score (nSPS) is 11.4. The number of anilines is 5. The van der Waals surface area contributed by atoms with Gasteiger partial charge < -0.3 is 21.1 Å². The Labute approximate surface area is 269 Å². The highest BCUT2D eigenvalue weighted by molar-refractivity contribution is 5.64. The summed E-state index contributed by atoms with van der Waals surface area (Å²) >= 11 is 0. The number of benzene rings is 4. The largest absolute Gasteiger partial charge is 0.395 e. The quantitative estimate of drug-likeness (QED) is 0.108. The Morgan fingerprint density at radius 1 is 0.522 bits per heavy atom. The Hall–Kier alpha value is -5.55. The fourth-order valence-corrected chi connectivity index (χ4v) is 4.92. The maximum Gasteiger partial charge on any atom is 0.233 e. The molecule has 4 aromatic carbocycles. The van der Waals surface area contributed by atoms with E-state index in [0.29, 0.717) is 24.4 Å². The first kappa shape index (κ1) is 31.9. The summed E-state index contributed by atoms with van der Waals surface area (Å²) < 4.78 is 0. The van der Waals surface area contributed by atoms with Crippen LogP contribution >= 0.6 is 0 Å². The van der Waals surface area contributed by atoms with Crippen LogP contribution in [0.2, 0.25) is 0 Å². The molecular weight excluding hydrogens is 576 g/mol. The smallest absolute Gasteiger partial charge is 0.233 e. The van der Waals surface area contributed by atoms with Gasteiger partial charge in [-0.3, -0.25) is 0 Å². The molecular formula is C35H38N10O. The van der Waals surface area contributed by atoms with Crippen LogP contribution in [0.15, 0.2) is 93.3 Å². The van der Waals surface area contributed by atoms with E-state index in [9.17, 15) is 5.11 Å². The van der Waals surface area contributed by atoms with Gasteiger partial charge in [-0.15, -0.1) is 0 Å². The first-order valence-corrected chi connectivity index (χ1v) is 15.0. The Balaban J connectivity index is 1.32. The van der Waals surface area contributed by atoms with Crippen molar-refractivity contribution in [2.45, 2.75) is 41.5 Å². The molecule has 11 heteroatoms. The van der Waals surface area contributed by atoms with E-state index in [1.165, 1.54) is 0 Å². The van der Waals surface area contributed by atoms with Gasteiger partial charge in [0.25, 0.3) is 0 Å². The van der Waals surface area contributed by atoms with Crippen LogP contribution in [0.1, 0.15) is 33.4 Å². The summed E-state index contributed by atoms with van der Waals surface area (Å²) in [6.45, 7) is 12.4. The molecule has 0 atom stereocenters. The number of azo groups is 2. The van der Waals surface area contributed by atoms with Gasteiger partial charge in [0.1, 0.15) is 0 Å². The average Bonchev–Trinajstić information content (AvgIpc) is 2.98. The number of nitrogens with one attached hydrogen (secondary N) is 3. The molecule has 1 aromatic heterocycles. The fraction of sp³-hybridized carbons (Fsp3) is 0.229. The molecule has 11 nitrogen and oxygen atoms in total. The van der Waals surface area contributed by atoms with E-state index in [0.717, 1.165) is 67.5 Å². The lowest BCUT2D eigenvalue weighted by Gasteiger charge is -2.12. The van der Waals surface area contributed by atoms with Crippen LogP contribution in [0.5, 0.6) is 0 Å². The van der Waals surface area contributed by atoms with Gasteiger partial charge in [0.15, 0.2) is 0 Å². The van der Waals surface area contributed by atoms with Crippen LogP contribution < -0.4 is 16.0 Å². The number of nitrogens with zero attached hydrogens (tertiary/aromatic N) is 7. The number of aliphatic hydroxyl groups excluding tert-OH is 1. The summed E-state index contributed by atoms with van der Waals surface area (Å²) in [6, 6.07) is 23.8. The lowest BCUT2D eigenvalue weighted by molar-refractivity contribution is 0.311. The highest BCUT2D eigenvalue weighted by atomic mass is 16.3. The Morgan fingerprint density at radius 2 is 0.935 bits per heavy atom. The van der Waals surface area contributed by atoms with E-state index in [2.05, 4.69) is 63.5 Å². The molecule has 0 amide bonds. The number of aryl methyl sites for hydroxylation is 6. The molecule has 0 bridgehead atoms. The van der Waals surface area contributed by atoms with Gasteiger partial charge in [-0.2, -0.15) is 35.4 Å². The molecule has 0 spiro atoms. The minimum Gasteiger partial charge on any atom is -0.395 e. The van der Waals surface area contributed by atoms with Crippen molar-refractivity contribution >= 4 is 52.0 Å². The van der Waals surface area contributed by atoms with Gasteiger partial charge in [0.05, 0.1) is 29.4 Å². The van der Waals surface area contributed by atoms with Crippen molar-refractivity contribution in [3.63, 3.8) is 0 Å². The van der Waals surface area contributed by atoms with Crippen LogP contribution in [0.4, 0.5) is 52.0 Å². The summed E-state index contributed by atoms with van der Waals surface area (Å²) in [5.41, 5.74) is 11.2. The first-order valence-electron chi connectivity index (χ1n) is 15.0. The Kier molecular flexibility index (Phi) is 10.0. The maximum absolute atomic E-state index is 9.34. The zero-order valence-corrected chi connectivity index (χ0v) is 26.9. The molecule has 46 heavy (non-hydrogen) atoms. The minimum atomic E-state index is -0.0636. The molecule has 0 saturated heterocycles. The monoisotopic (exact) mass is 614 g/mol. The predicted octanol–water partition coefficient (Wildman–Crippen LogP) is 9.44. The van der Waals surface area contributed by atoms with Crippen LogP contribution in [0, 0.1) is 41.5 Å². The molecule has 5 rings (SSSR count). The van der Waals surface area contributed by atoms with Crippen LogP contribution in [-0.4, -0.2) is 33.2 Å². The summed E-state index contributed by atoms with van der Waals surface area (Å²) in [6.07, 6.45) is 0. The van der Waals surface area contributed by atoms with E-state index >= 15 is 0 Å². The van der Waals surface area contributed by atoms with Gasteiger partial charge >= 0.3 is 0 Å². The second-order valence-electron chi connectivity index (χ2n) is 11.3. The number of hydrogen-bond donors (Lipinski definition) is 4. The van der Waals surface area contributed by atoms with Crippen molar-refractivity contribution in [2.24, 2.45) is 20.5 Å². The summed E-state index contributed by atoms with van der Waals surface area (Å²) in [4.78, 5) is 13.6. The first-order chi connectivity index (χ1) is 22.1. The van der Waals surface area contributed by atoms with Crippen molar-refractivity contribution in [2.75, 3.05) is 29.1 Å². The third-order valence-electron chi connectivity index (χ3n) is 6.90. The second kappa shape index (κ2) is 14.5. The lowest BCUT2D eigenvalue weighted by Crippen LogP contribution is -2.12. The van der Waals surface area contributed by atoms with Crippen LogP contribution in [-0.2, 0) is 0 Å². The molecule has 1 heterocycles. The summed E-state index contributed by atoms with van der Waals surface area (Å²) in [5.74, 6) is 0.982. The maximum atomic E-state index is 9.34. The molecule has 0 radical (unpaired) electrons. The standard InChI is InChI=1S/C35H38N10O/c1-21-13-22(2)16-29(15-21)42-44-31-9-7-27(19-25(31)5)37-34-39-33(36-11-12-46)40-35(41-34)38-28-8-10-32(26(6)20-28)45-43-30-17-23(3)14-24(4)18-30/h7-10,13-20,46H,11-12H2,1-6H3,(H3,36,37,38,39,40,41). The highest BCUT2D eigenvalue weighted by Crippen LogP contribution is 2.29. The van der Waals surface area contributed by atoms with Gasteiger partial charge in [-0.1, -0.05) is 12.1 Å². The highest BCUT2D eigenvalue weighted by Gasteiger charge is 2.10. The Bertz CT molecular complexity index is 1750. The van der Waals surface area contributed by atoms with Gasteiger partial charge in [0.2, 0.25) is 17.8 Å². The molecule has 0 aliphatic carbocycles. The third kappa shape index (κ3) is 8.76. The van der Waals surface area contributed by atoms with Crippen molar-refractivity contribution in [3.8, 4) is 0 Å². The van der Waals surface area contributed by atoms with Gasteiger partial charge in [-0.25, -0.2) is 0 Å². The topological polar surface area (TPSA) is 144 Å². The van der Waals surface area contributed by atoms with E-state index in [4.69, 9.17) is 0 Å². The molecule has 0 aliphatic rings. The van der Waals surface area contributed by atoms with Crippen molar-refractivity contribution in [1.29, 1.82) is 0 Å². The van der Waals surface area contributed by atoms with E-state index in [-0.39, 0.29) is 6.61 Å².